The molecule has 0 radical (unpaired) electrons. The van der Waals surface area contributed by atoms with Gasteiger partial charge in [-0.3, -0.25) is 4.79 Å². The van der Waals surface area contributed by atoms with Gasteiger partial charge in [-0.1, -0.05) is 13.0 Å². The first kappa shape index (κ1) is 15.8. The van der Waals surface area contributed by atoms with Crippen molar-refractivity contribution in [1.82, 2.24) is 10.3 Å². The minimum absolute atomic E-state index is 0.0381. The van der Waals surface area contributed by atoms with Crippen LogP contribution in [0.15, 0.2) is 12.1 Å². The Morgan fingerprint density at radius 3 is 2.57 bits per heavy atom. The number of aromatic nitrogens is 1. The molecule has 1 saturated heterocycles. The van der Waals surface area contributed by atoms with E-state index in [-0.39, 0.29) is 17.8 Å². The van der Waals surface area contributed by atoms with Crippen molar-refractivity contribution in [2.45, 2.75) is 45.5 Å². The smallest absolute Gasteiger partial charge is 0.309 e. The van der Waals surface area contributed by atoms with E-state index in [2.05, 4.69) is 15.6 Å². The number of nitrogens with zero attached hydrogens (tertiary/aromatic N) is 1. The number of aryl methyl sites for hydroxylation is 1. The second-order valence-electron chi connectivity index (χ2n) is 5.57. The van der Waals surface area contributed by atoms with Crippen LogP contribution in [0.2, 0.25) is 0 Å². The van der Waals surface area contributed by atoms with Crippen LogP contribution in [0.3, 0.4) is 0 Å². The molecule has 1 amide bonds. The number of rotatable bonds is 2. The summed E-state index contributed by atoms with van der Waals surface area (Å²) in [6.07, 6.45) is -3.87. The van der Waals surface area contributed by atoms with Crippen molar-refractivity contribution < 1.29 is 18.0 Å². The number of alkyl halides is 3. The highest BCUT2D eigenvalue weighted by molar-refractivity contribution is 5.94. The number of hydrogen-bond acceptors (Lipinski definition) is 3. The first-order valence-electron chi connectivity index (χ1n) is 6.80. The minimum atomic E-state index is -4.53. The number of carbonyl (C=O) groups excluding carboxylic acids is 1. The summed E-state index contributed by atoms with van der Waals surface area (Å²) in [5.41, 5.74) is -0.514. The zero-order valence-electron chi connectivity index (χ0n) is 12.1. The number of nitrogens with one attached hydrogen (secondary N) is 2. The molecule has 2 N–H and O–H groups in total. The van der Waals surface area contributed by atoms with Gasteiger partial charge in [0, 0.05) is 6.04 Å². The monoisotopic (exact) mass is 301 g/mol. The average molecular weight is 301 g/mol. The van der Waals surface area contributed by atoms with Crippen molar-refractivity contribution in [3.05, 3.63) is 23.4 Å². The van der Waals surface area contributed by atoms with Crippen LogP contribution in [0.1, 0.15) is 31.5 Å². The molecule has 7 heteroatoms. The average Bonchev–Trinajstić information content (AvgIpc) is 2.71. The predicted octanol–water partition coefficient (Wildman–Crippen LogP) is 2.73. The molecule has 1 aromatic heterocycles. The van der Waals surface area contributed by atoms with Gasteiger partial charge in [0.25, 0.3) is 0 Å². The Bertz CT molecular complexity index is 535. The van der Waals surface area contributed by atoms with Crippen LogP contribution in [-0.4, -0.2) is 23.0 Å². The number of halogens is 3. The Balaban J connectivity index is 2.14. The van der Waals surface area contributed by atoms with Crippen molar-refractivity contribution in [2.24, 2.45) is 5.92 Å². The van der Waals surface area contributed by atoms with E-state index in [4.69, 9.17) is 0 Å². The van der Waals surface area contributed by atoms with Crippen molar-refractivity contribution in [1.29, 1.82) is 0 Å². The van der Waals surface area contributed by atoms with Gasteiger partial charge < -0.3 is 10.6 Å². The lowest BCUT2D eigenvalue weighted by molar-refractivity contribution is -0.141. The lowest BCUT2D eigenvalue weighted by Crippen LogP contribution is -2.38. The normalized spacial score (nSPS) is 25.9. The quantitative estimate of drug-likeness (QED) is 0.883. The number of pyridine rings is 1. The number of carbonyl (C=O) groups is 1. The van der Waals surface area contributed by atoms with Gasteiger partial charge in [0.05, 0.1) is 6.04 Å². The molecule has 1 aliphatic heterocycles. The fourth-order valence-electron chi connectivity index (χ4n) is 2.33. The van der Waals surface area contributed by atoms with Crippen LogP contribution in [0.25, 0.3) is 0 Å². The summed E-state index contributed by atoms with van der Waals surface area (Å²) >= 11 is 0. The summed E-state index contributed by atoms with van der Waals surface area (Å²) in [6.45, 7) is 5.61. The molecule has 2 rings (SSSR count). The maximum Gasteiger partial charge on any atom is 0.433 e. The molecule has 0 spiro atoms. The molecule has 1 aliphatic rings. The van der Waals surface area contributed by atoms with Crippen LogP contribution in [0.4, 0.5) is 19.0 Å². The van der Waals surface area contributed by atoms with Crippen molar-refractivity contribution in [3.8, 4) is 0 Å². The van der Waals surface area contributed by atoms with Crippen LogP contribution >= 0.6 is 0 Å². The minimum Gasteiger partial charge on any atom is -0.309 e. The van der Waals surface area contributed by atoms with E-state index in [1.807, 2.05) is 13.8 Å². The van der Waals surface area contributed by atoms with Gasteiger partial charge in [0.2, 0.25) is 5.91 Å². The molecule has 1 aromatic rings. The van der Waals surface area contributed by atoms with Crippen molar-refractivity contribution in [3.63, 3.8) is 0 Å². The zero-order chi connectivity index (χ0) is 15.8. The summed E-state index contributed by atoms with van der Waals surface area (Å²) in [5.74, 6) is -0.0405. The first-order chi connectivity index (χ1) is 9.68. The molecule has 1 fully saturated rings. The summed E-state index contributed by atoms with van der Waals surface area (Å²) in [4.78, 5) is 15.6. The molecule has 116 valence electrons. The van der Waals surface area contributed by atoms with Crippen LogP contribution in [0, 0.1) is 12.8 Å². The molecule has 0 aliphatic carbocycles. The third-order valence-electron chi connectivity index (χ3n) is 3.87. The van der Waals surface area contributed by atoms with Gasteiger partial charge >= 0.3 is 6.18 Å². The summed E-state index contributed by atoms with van der Waals surface area (Å²) < 4.78 is 38.0. The summed E-state index contributed by atoms with van der Waals surface area (Å²) in [6, 6.07) is 2.02. The van der Waals surface area contributed by atoms with E-state index >= 15 is 0 Å². The highest BCUT2D eigenvalue weighted by Gasteiger charge is 2.34. The lowest BCUT2D eigenvalue weighted by Gasteiger charge is -2.14. The molecule has 0 bridgehead atoms. The first-order valence-corrected chi connectivity index (χ1v) is 6.80. The Morgan fingerprint density at radius 1 is 1.38 bits per heavy atom. The zero-order valence-corrected chi connectivity index (χ0v) is 12.1. The predicted molar refractivity (Wildman–Crippen MR) is 72.8 cm³/mol. The third-order valence-corrected chi connectivity index (χ3v) is 3.87. The molecule has 3 atom stereocenters. The molecular formula is C14H18F3N3O. The van der Waals surface area contributed by atoms with E-state index in [9.17, 15) is 18.0 Å². The van der Waals surface area contributed by atoms with Gasteiger partial charge in [0.1, 0.15) is 11.5 Å². The summed E-state index contributed by atoms with van der Waals surface area (Å²) in [5, 5.41) is 5.62. The molecule has 0 aromatic carbocycles. The molecule has 2 heterocycles. The van der Waals surface area contributed by atoms with Crippen LogP contribution < -0.4 is 10.6 Å². The molecule has 4 nitrogen and oxygen atoms in total. The highest BCUT2D eigenvalue weighted by Crippen LogP contribution is 2.29. The largest absolute Gasteiger partial charge is 0.433 e. The summed E-state index contributed by atoms with van der Waals surface area (Å²) in [7, 11) is 0. The topological polar surface area (TPSA) is 54.0 Å². The highest BCUT2D eigenvalue weighted by atomic mass is 19.4. The number of anilines is 1. The second-order valence-corrected chi connectivity index (χ2v) is 5.57. The molecule has 0 unspecified atom stereocenters. The van der Waals surface area contributed by atoms with E-state index < -0.39 is 17.9 Å². The van der Waals surface area contributed by atoms with Crippen LogP contribution in [0.5, 0.6) is 0 Å². The van der Waals surface area contributed by atoms with Gasteiger partial charge in [0.15, 0.2) is 0 Å². The van der Waals surface area contributed by atoms with E-state index in [0.29, 0.717) is 17.9 Å². The Morgan fingerprint density at radius 2 is 2.05 bits per heavy atom. The second kappa shape index (κ2) is 5.63. The molecule has 0 saturated carbocycles. The van der Waals surface area contributed by atoms with Gasteiger partial charge in [-0.2, -0.15) is 13.2 Å². The maximum absolute atomic E-state index is 12.7. The molecular weight excluding hydrogens is 283 g/mol. The van der Waals surface area contributed by atoms with Crippen molar-refractivity contribution in [2.75, 3.05) is 5.32 Å². The third kappa shape index (κ3) is 3.53. The van der Waals surface area contributed by atoms with Crippen molar-refractivity contribution >= 4 is 11.7 Å². The maximum atomic E-state index is 12.7. The van der Waals surface area contributed by atoms with E-state index in [1.165, 1.54) is 6.07 Å². The Labute approximate surface area is 121 Å². The molecule has 21 heavy (non-hydrogen) atoms. The Hall–Kier alpha value is -1.63. The van der Waals surface area contributed by atoms with Crippen LogP contribution in [-0.2, 0) is 11.0 Å². The fourth-order valence-corrected chi connectivity index (χ4v) is 2.33. The number of hydrogen-bond donors (Lipinski definition) is 2. The SMILES string of the molecule is Cc1ccc(C(F)(F)F)nc1NC(=O)[C@@H]1C[C@H](C)[C@@H](C)N1. The Kier molecular flexibility index (Phi) is 4.22. The fraction of sp³-hybridized carbons (Fsp3) is 0.571. The van der Waals surface area contributed by atoms with E-state index in [0.717, 1.165) is 6.07 Å². The standard InChI is InChI=1S/C14H18F3N3O/c1-7-4-5-11(14(15,16)17)19-12(7)20-13(21)10-6-8(2)9(3)18-10/h4-5,8-10,18H,6H2,1-3H3,(H,19,20,21)/t8-,9+,10-/m0/s1. The van der Waals surface area contributed by atoms with Gasteiger partial charge in [-0.15, -0.1) is 0 Å². The van der Waals surface area contributed by atoms with E-state index in [1.54, 1.807) is 6.92 Å². The number of amides is 1. The lowest BCUT2D eigenvalue weighted by atomic mass is 10.0. The van der Waals surface area contributed by atoms with Gasteiger partial charge in [-0.25, -0.2) is 4.98 Å². The van der Waals surface area contributed by atoms with Gasteiger partial charge in [-0.05, 0) is 37.8 Å².